The van der Waals surface area contributed by atoms with E-state index >= 15 is 0 Å². The molecule has 1 heterocycles. The Morgan fingerprint density at radius 1 is 1.04 bits per heavy atom. The molecule has 0 amide bonds. The van der Waals surface area contributed by atoms with E-state index in [1.165, 1.54) is 0 Å². The second-order valence-corrected chi connectivity index (χ2v) is 7.57. The van der Waals surface area contributed by atoms with Gasteiger partial charge < -0.3 is 10.0 Å². The summed E-state index contributed by atoms with van der Waals surface area (Å²) in [5.74, 6) is -3.63. The van der Waals surface area contributed by atoms with Gasteiger partial charge in [0, 0.05) is 30.5 Å². The van der Waals surface area contributed by atoms with Crippen LogP contribution in [0.25, 0.3) is 0 Å². The lowest BCUT2D eigenvalue weighted by Gasteiger charge is -2.18. The predicted octanol–water partition coefficient (Wildman–Crippen LogP) is 4.50. The van der Waals surface area contributed by atoms with Gasteiger partial charge in [0.2, 0.25) is 0 Å². The number of carboxylic acid groups (broad SMARTS) is 1. The van der Waals surface area contributed by atoms with Crippen molar-refractivity contribution in [1.82, 2.24) is 0 Å². The molecule has 0 radical (unpaired) electrons. The Morgan fingerprint density at radius 3 is 2.12 bits per heavy atom. The smallest absolute Gasteiger partial charge is 0.310 e. The van der Waals surface area contributed by atoms with E-state index in [0.29, 0.717) is 6.54 Å². The number of hydrogen-bond donors (Lipinski definition) is 1. The Hall–Kier alpha value is -2.43. The van der Waals surface area contributed by atoms with Gasteiger partial charge in [-0.1, -0.05) is 42.5 Å². The van der Waals surface area contributed by atoms with Crippen LogP contribution >= 0.6 is 0 Å². The van der Waals surface area contributed by atoms with E-state index in [4.69, 9.17) is 0 Å². The van der Waals surface area contributed by atoms with Crippen LogP contribution in [0.5, 0.6) is 0 Å². The molecule has 3 unspecified atom stereocenters. The van der Waals surface area contributed by atoms with Crippen LogP contribution in [0, 0.1) is 5.41 Å². The Balaban J connectivity index is 1.60. The van der Waals surface area contributed by atoms with Gasteiger partial charge in [-0.2, -0.15) is 0 Å². The number of rotatable bonds is 4. The van der Waals surface area contributed by atoms with E-state index in [-0.39, 0.29) is 24.8 Å². The van der Waals surface area contributed by atoms with Gasteiger partial charge in [0.25, 0.3) is 5.92 Å². The number of anilines is 1. The normalized spacial score (nSPS) is 29.6. The van der Waals surface area contributed by atoms with Crippen LogP contribution in [-0.4, -0.2) is 30.1 Å². The van der Waals surface area contributed by atoms with E-state index in [0.717, 1.165) is 16.8 Å². The van der Waals surface area contributed by atoms with Crippen LogP contribution in [0.1, 0.15) is 36.3 Å². The van der Waals surface area contributed by atoms with Gasteiger partial charge >= 0.3 is 5.97 Å². The molecule has 1 aliphatic carbocycles. The van der Waals surface area contributed by atoms with Crippen LogP contribution in [0.2, 0.25) is 0 Å². The van der Waals surface area contributed by atoms with Crippen LogP contribution in [0.4, 0.5) is 14.5 Å². The zero-order valence-electron chi connectivity index (χ0n) is 14.5. The number of hydrogen-bond acceptors (Lipinski definition) is 2. The highest BCUT2D eigenvalue weighted by Crippen LogP contribution is 2.70. The fourth-order valence-corrected chi connectivity index (χ4v) is 4.37. The summed E-state index contributed by atoms with van der Waals surface area (Å²) in [7, 11) is 0. The van der Waals surface area contributed by atoms with E-state index in [2.05, 4.69) is 0 Å². The van der Waals surface area contributed by atoms with Crippen molar-refractivity contribution in [1.29, 1.82) is 0 Å². The molecule has 2 fully saturated rings. The Bertz CT molecular complexity index is 822. The highest BCUT2D eigenvalue weighted by Gasteiger charge is 2.67. The van der Waals surface area contributed by atoms with E-state index in [9.17, 15) is 18.7 Å². The number of aliphatic carboxylic acids is 1. The van der Waals surface area contributed by atoms with Crippen molar-refractivity contribution in [3.63, 3.8) is 0 Å². The topological polar surface area (TPSA) is 40.5 Å². The Morgan fingerprint density at radius 2 is 1.62 bits per heavy atom. The second kappa shape index (κ2) is 5.79. The van der Waals surface area contributed by atoms with Gasteiger partial charge in [0.1, 0.15) is 0 Å². The van der Waals surface area contributed by atoms with Crippen LogP contribution in [-0.2, 0) is 4.79 Å². The number of halogens is 2. The van der Waals surface area contributed by atoms with Crippen molar-refractivity contribution in [2.45, 2.75) is 31.1 Å². The molecule has 2 aromatic rings. The maximum Gasteiger partial charge on any atom is 0.310 e. The molecule has 5 heteroatoms. The third kappa shape index (κ3) is 2.66. The van der Waals surface area contributed by atoms with Gasteiger partial charge in [-0.15, -0.1) is 0 Å². The van der Waals surface area contributed by atoms with E-state index in [1.54, 1.807) is 11.8 Å². The maximum absolute atomic E-state index is 13.4. The SMILES string of the molecule is CC1(C(=O)O)C(c2ccccc2)C1c1ccc(N2CCC(F)(F)C2)cc1. The van der Waals surface area contributed by atoms with Crippen molar-refractivity contribution in [2.24, 2.45) is 5.41 Å². The van der Waals surface area contributed by atoms with Crippen LogP contribution < -0.4 is 4.90 Å². The fourth-order valence-electron chi connectivity index (χ4n) is 4.37. The summed E-state index contributed by atoms with van der Waals surface area (Å²) in [6.07, 6.45) is -0.120. The molecule has 3 atom stereocenters. The first-order valence-corrected chi connectivity index (χ1v) is 8.84. The van der Waals surface area contributed by atoms with Gasteiger partial charge in [-0.3, -0.25) is 4.79 Å². The van der Waals surface area contributed by atoms with E-state index < -0.39 is 17.3 Å². The first kappa shape index (κ1) is 17.0. The molecule has 3 nitrogen and oxygen atoms in total. The minimum absolute atomic E-state index is 0.0804. The molecule has 2 aliphatic rings. The third-order valence-corrected chi connectivity index (χ3v) is 5.92. The zero-order valence-corrected chi connectivity index (χ0v) is 14.5. The molecule has 136 valence electrons. The number of alkyl halides is 2. The molecule has 0 bridgehead atoms. The summed E-state index contributed by atoms with van der Waals surface area (Å²) in [5.41, 5.74) is 1.88. The summed E-state index contributed by atoms with van der Waals surface area (Å²) >= 11 is 0. The fraction of sp³-hybridized carbons (Fsp3) is 0.381. The highest BCUT2D eigenvalue weighted by molar-refractivity contribution is 5.83. The lowest BCUT2D eigenvalue weighted by molar-refractivity contribution is -0.143. The van der Waals surface area contributed by atoms with Crippen molar-refractivity contribution in [3.8, 4) is 0 Å². The first-order valence-electron chi connectivity index (χ1n) is 8.84. The van der Waals surface area contributed by atoms with Crippen LogP contribution in [0.3, 0.4) is 0 Å². The van der Waals surface area contributed by atoms with Gasteiger partial charge in [0.05, 0.1) is 12.0 Å². The zero-order chi connectivity index (χ0) is 18.5. The van der Waals surface area contributed by atoms with Crippen molar-refractivity contribution in [2.75, 3.05) is 18.0 Å². The summed E-state index contributed by atoms with van der Waals surface area (Å²) in [4.78, 5) is 13.6. The highest BCUT2D eigenvalue weighted by atomic mass is 19.3. The summed E-state index contributed by atoms with van der Waals surface area (Å²) in [6, 6.07) is 17.1. The lowest BCUT2D eigenvalue weighted by Crippen LogP contribution is -2.24. The maximum atomic E-state index is 13.4. The third-order valence-electron chi connectivity index (χ3n) is 5.92. The standard InChI is InChI=1S/C21H21F2NO2/c1-20(19(25)26)17(14-5-3-2-4-6-14)18(20)15-7-9-16(10-8-15)24-12-11-21(22,23)13-24/h2-10,17-18H,11-13H2,1H3,(H,25,26). The molecule has 26 heavy (non-hydrogen) atoms. The number of benzene rings is 2. The summed E-state index contributed by atoms with van der Waals surface area (Å²) in [6.45, 7) is 1.87. The molecule has 1 saturated carbocycles. The van der Waals surface area contributed by atoms with Gasteiger partial charge in [0.15, 0.2) is 0 Å². The van der Waals surface area contributed by atoms with Gasteiger partial charge in [-0.25, -0.2) is 8.78 Å². The van der Waals surface area contributed by atoms with Crippen LogP contribution in [0.15, 0.2) is 54.6 Å². The van der Waals surface area contributed by atoms with Crippen molar-refractivity contribution >= 4 is 11.7 Å². The molecule has 4 rings (SSSR count). The first-order chi connectivity index (χ1) is 12.3. The summed E-state index contributed by atoms with van der Waals surface area (Å²) < 4.78 is 26.8. The predicted molar refractivity (Wildman–Crippen MR) is 95.9 cm³/mol. The molecule has 1 aliphatic heterocycles. The van der Waals surface area contributed by atoms with Gasteiger partial charge in [-0.05, 0) is 30.2 Å². The average Bonchev–Trinajstić information content (AvgIpc) is 3.11. The minimum Gasteiger partial charge on any atom is -0.481 e. The Labute approximate surface area is 151 Å². The largest absolute Gasteiger partial charge is 0.481 e. The number of carboxylic acids is 1. The molecule has 0 aromatic heterocycles. The molecule has 1 N–H and O–H groups in total. The molecular formula is C21H21F2NO2. The molecule has 0 spiro atoms. The number of nitrogens with zero attached hydrogens (tertiary/aromatic N) is 1. The molecule has 1 saturated heterocycles. The quantitative estimate of drug-likeness (QED) is 0.876. The van der Waals surface area contributed by atoms with Crippen molar-refractivity contribution in [3.05, 3.63) is 65.7 Å². The second-order valence-electron chi connectivity index (χ2n) is 7.57. The number of carbonyl (C=O) groups is 1. The van der Waals surface area contributed by atoms with E-state index in [1.807, 2.05) is 54.6 Å². The Kier molecular flexibility index (Phi) is 3.79. The lowest BCUT2D eigenvalue weighted by atomic mass is 10.0. The molecule has 2 aromatic carbocycles. The monoisotopic (exact) mass is 357 g/mol. The average molecular weight is 357 g/mol. The molecular weight excluding hydrogens is 336 g/mol. The summed E-state index contributed by atoms with van der Waals surface area (Å²) in [5, 5.41) is 9.77. The van der Waals surface area contributed by atoms with Crippen molar-refractivity contribution < 1.29 is 18.7 Å². The minimum atomic E-state index is -2.63.